The molecule has 3 aromatic carbocycles. The minimum Gasteiger partial charge on any atom is -0.494 e. The van der Waals surface area contributed by atoms with Gasteiger partial charge in [0.2, 0.25) is 0 Å². The Hall–Kier alpha value is -3.90. The molecule has 0 amide bonds. The highest BCUT2D eigenvalue weighted by molar-refractivity contribution is 6.13. The molecule has 1 heterocycles. The van der Waals surface area contributed by atoms with Crippen molar-refractivity contribution in [1.29, 1.82) is 0 Å². The van der Waals surface area contributed by atoms with Crippen LogP contribution in [-0.4, -0.2) is 40.8 Å². The molecule has 4 rings (SSSR count). The lowest BCUT2D eigenvalue weighted by molar-refractivity contribution is 0.0601. The summed E-state index contributed by atoms with van der Waals surface area (Å²) < 4.78 is 4.77. The van der Waals surface area contributed by atoms with Crippen LogP contribution in [-0.2, 0) is 17.8 Å². The zero-order valence-corrected chi connectivity index (χ0v) is 19.0. The average molecular weight is 442 g/mol. The minimum absolute atomic E-state index is 0.0208. The normalized spacial score (nSPS) is 11.8. The van der Waals surface area contributed by atoms with Gasteiger partial charge in [-0.25, -0.2) is 4.79 Å². The summed E-state index contributed by atoms with van der Waals surface area (Å²) in [6.45, 7) is 3.58. The van der Waals surface area contributed by atoms with Gasteiger partial charge in [0.05, 0.1) is 29.6 Å². The number of hydrogen-bond acceptors (Lipinski definition) is 5. The van der Waals surface area contributed by atoms with Gasteiger partial charge >= 0.3 is 5.97 Å². The van der Waals surface area contributed by atoms with Gasteiger partial charge in [-0.1, -0.05) is 48.5 Å². The minimum atomic E-state index is -0.424. The van der Waals surface area contributed by atoms with E-state index in [0.29, 0.717) is 22.4 Å². The first-order valence-electron chi connectivity index (χ1n) is 10.7. The van der Waals surface area contributed by atoms with Gasteiger partial charge in [-0.3, -0.25) is 9.89 Å². The van der Waals surface area contributed by atoms with Crippen LogP contribution in [0.25, 0.3) is 10.9 Å². The lowest BCUT2D eigenvalue weighted by atomic mass is 10.1. The first-order valence-corrected chi connectivity index (χ1v) is 10.7. The maximum atomic E-state index is 11.8. The van der Waals surface area contributed by atoms with Crippen molar-refractivity contribution in [3.63, 3.8) is 0 Å². The molecule has 0 bridgehead atoms. The number of benzene rings is 3. The summed E-state index contributed by atoms with van der Waals surface area (Å²) in [5.41, 5.74) is 5.66. The Bertz CT molecular complexity index is 1290. The third-order valence-electron chi connectivity index (χ3n) is 5.54. The maximum Gasteiger partial charge on any atom is 0.337 e. The number of aromatic nitrogens is 1. The number of nitrogens with zero attached hydrogens (tertiary/aromatic N) is 2. The highest BCUT2D eigenvalue weighted by atomic mass is 16.5. The van der Waals surface area contributed by atoms with Crippen molar-refractivity contribution in [2.75, 3.05) is 14.2 Å². The summed E-state index contributed by atoms with van der Waals surface area (Å²) in [5.74, 6) is -0.403. The number of fused-ring (bicyclic) bond motifs is 1. The van der Waals surface area contributed by atoms with Crippen molar-refractivity contribution in [3.05, 3.63) is 95.1 Å². The van der Waals surface area contributed by atoms with E-state index in [2.05, 4.69) is 53.3 Å². The molecule has 0 aliphatic heterocycles. The summed E-state index contributed by atoms with van der Waals surface area (Å²) >= 11 is 0. The van der Waals surface area contributed by atoms with E-state index in [9.17, 15) is 9.90 Å². The molecule has 2 N–H and O–H groups in total. The van der Waals surface area contributed by atoms with Gasteiger partial charge in [-0.15, -0.1) is 0 Å². The van der Waals surface area contributed by atoms with Crippen LogP contribution in [0.1, 0.15) is 34.0 Å². The van der Waals surface area contributed by atoms with E-state index in [1.54, 1.807) is 18.2 Å². The summed E-state index contributed by atoms with van der Waals surface area (Å²) in [6, 6.07) is 23.7. The monoisotopic (exact) mass is 441 g/mol. The molecule has 0 unspecified atom stereocenters. The van der Waals surface area contributed by atoms with Crippen molar-refractivity contribution < 1.29 is 14.6 Å². The fraction of sp³-hybridized carbons (Fsp3) is 0.185. The molecule has 0 aliphatic carbocycles. The van der Waals surface area contributed by atoms with E-state index < -0.39 is 5.97 Å². The van der Waals surface area contributed by atoms with E-state index in [-0.39, 0.29) is 5.88 Å². The van der Waals surface area contributed by atoms with Crippen molar-refractivity contribution >= 4 is 28.3 Å². The number of ether oxygens (including phenoxy) is 1. The van der Waals surface area contributed by atoms with Crippen LogP contribution < -0.4 is 0 Å². The average Bonchev–Trinajstić information content (AvgIpc) is 3.15. The molecule has 33 heavy (non-hydrogen) atoms. The molecule has 0 saturated carbocycles. The number of aromatic amines is 1. The lowest BCUT2D eigenvalue weighted by Crippen LogP contribution is -2.17. The zero-order chi connectivity index (χ0) is 23.4. The standard InChI is InChI=1S/C27H27N3O3/c1-18(25-23-14-11-21(27(32)33-3)15-24(23)29-26(25)31)28-22-12-9-20(10-13-22)17-30(2)16-19-7-5-4-6-8-19/h4-15,29,31H,16-17H2,1-3H3. The van der Waals surface area contributed by atoms with Crippen LogP contribution >= 0.6 is 0 Å². The molecule has 0 fully saturated rings. The molecule has 168 valence electrons. The summed E-state index contributed by atoms with van der Waals surface area (Å²) in [6.07, 6.45) is 0. The van der Waals surface area contributed by atoms with E-state index in [1.165, 1.54) is 18.2 Å². The van der Waals surface area contributed by atoms with Crippen molar-refractivity contribution in [1.82, 2.24) is 9.88 Å². The number of carbonyl (C=O) groups excluding carboxylic acids is 1. The van der Waals surface area contributed by atoms with Gasteiger partial charge in [-0.05, 0) is 49.4 Å². The van der Waals surface area contributed by atoms with Gasteiger partial charge in [0, 0.05) is 24.0 Å². The number of H-pyrrole nitrogens is 1. The lowest BCUT2D eigenvalue weighted by Gasteiger charge is -2.16. The highest BCUT2D eigenvalue weighted by Crippen LogP contribution is 2.30. The smallest absolute Gasteiger partial charge is 0.337 e. The second-order valence-electron chi connectivity index (χ2n) is 8.12. The molecular formula is C27H27N3O3. The Kier molecular flexibility index (Phi) is 6.56. The van der Waals surface area contributed by atoms with Crippen LogP contribution in [0, 0.1) is 0 Å². The van der Waals surface area contributed by atoms with E-state index in [1.807, 2.05) is 25.1 Å². The number of hydrogen-bond donors (Lipinski definition) is 2. The predicted molar refractivity (Wildman–Crippen MR) is 131 cm³/mol. The molecule has 6 heteroatoms. The number of methoxy groups -OCH3 is 1. The largest absolute Gasteiger partial charge is 0.494 e. The Labute approximate surface area is 193 Å². The second-order valence-corrected chi connectivity index (χ2v) is 8.12. The first kappa shape index (κ1) is 22.3. The Morgan fingerprint density at radius 3 is 2.33 bits per heavy atom. The number of rotatable bonds is 7. The molecule has 0 aliphatic rings. The first-order chi connectivity index (χ1) is 15.9. The third kappa shape index (κ3) is 5.13. The molecule has 1 aromatic heterocycles. The van der Waals surface area contributed by atoms with Crippen LogP contribution in [0.3, 0.4) is 0 Å². The second kappa shape index (κ2) is 9.71. The molecule has 4 aromatic rings. The van der Waals surface area contributed by atoms with Crippen LogP contribution in [0.4, 0.5) is 5.69 Å². The quantitative estimate of drug-likeness (QED) is 0.296. The number of aliphatic imine (C=N–C) groups is 1. The number of carbonyl (C=O) groups is 1. The molecule has 0 radical (unpaired) electrons. The van der Waals surface area contributed by atoms with Gasteiger partial charge in [0.25, 0.3) is 0 Å². The van der Waals surface area contributed by atoms with Crippen molar-refractivity contribution in [2.24, 2.45) is 4.99 Å². The number of nitrogens with one attached hydrogen (secondary N) is 1. The van der Waals surface area contributed by atoms with E-state index in [4.69, 9.17) is 9.73 Å². The van der Waals surface area contributed by atoms with Crippen LogP contribution in [0.2, 0.25) is 0 Å². The van der Waals surface area contributed by atoms with Crippen molar-refractivity contribution in [3.8, 4) is 5.88 Å². The van der Waals surface area contributed by atoms with E-state index >= 15 is 0 Å². The molecular weight excluding hydrogens is 414 g/mol. The molecule has 6 nitrogen and oxygen atoms in total. The SMILES string of the molecule is COC(=O)c1ccc2c(C(C)=Nc3ccc(CN(C)Cc4ccccc4)cc3)c(O)[nH]c2c1. The Balaban J connectivity index is 1.50. The van der Waals surface area contributed by atoms with Crippen LogP contribution in [0.5, 0.6) is 5.88 Å². The van der Waals surface area contributed by atoms with Crippen LogP contribution in [0.15, 0.2) is 77.8 Å². The fourth-order valence-electron chi connectivity index (χ4n) is 3.98. The highest BCUT2D eigenvalue weighted by Gasteiger charge is 2.16. The molecule has 0 atom stereocenters. The fourth-order valence-corrected chi connectivity index (χ4v) is 3.98. The summed E-state index contributed by atoms with van der Waals surface area (Å²) in [4.78, 5) is 21.7. The van der Waals surface area contributed by atoms with Gasteiger partial charge in [0.15, 0.2) is 5.88 Å². The van der Waals surface area contributed by atoms with E-state index in [0.717, 1.165) is 24.2 Å². The number of esters is 1. The van der Waals surface area contributed by atoms with Crippen molar-refractivity contribution in [2.45, 2.75) is 20.0 Å². The van der Waals surface area contributed by atoms with Gasteiger partial charge < -0.3 is 14.8 Å². The molecule has 0 spiro atoms. The zero-order valence-electron chi connectivity index (χ0n) is 19.0. The summed E-state index contributed by atoms with van der Waals surface area (Å²) in [5, 5.41) is 11.3. The summed E-state index contributed by atoms with van der Waals surface area (Å²) in [7, 11) is 3.45. The Morgan fingerprint density at radius 2 is 1.67 bits per heavy atom. The number of aromatic hydroxyl groups is 1. The van der Waals surface area contributed by atoms with Gasteiger partial charge in [-0.2, -0.15) is 0 Å². The molecule has 0 saturated heterocycles. The maximum absolute atomic E-state index is 11.8. The third-order valence-corrected chi connectivity index (χ3v) is 5.54. The topological polar surface area (TPSA) is 77.9 Å². The Morgan fingerprint density at radius 1 is 1.00 bits per heavy atom. The van der Waals surface area contributed by atoms with Gasteiger partial charge in [0.1, 0.15) is 0 Å². The predicted octanol–water partition coefficient (Wildman–Crippen LogP) is 5.43.